The van der Waals surface area contributed by atoms with Crippen molar-refractivity contribution in [2.75, 3.05) is 19.0 Å². The highest BCUT2D eigenvalue weighted by Crippen LogP contribution is 2.10. The molecule has 1 aromatic rings. The topological polar surface area (TPSA) is 67.4 Å². The van der Waals surface area contributed by atoms with Crippen LogP contribution >= 0.6 is 0 Å². The molecule has 0 radical (unpaired) electrons. The molecule has 5 heteroatoms. The van der Waals surface area contributed by atoms with Crippen molar-refractivity contribution in [2.24, 2.45) is 0 Å². The Morgan fingerprint density at radius 3 is 2.55 bits per heavy atom. The molecular formula is C15H20N2O3. The van der Waals surface area contributed by atoms with Crippen molar-refractivity contribution in [3.63, 3.8) is 0 Å². The lowest BCUT2D eigenvalue weighted by atomic mass is 10.1. The molecule has 1 atom stereocenters. The molecule has 1 aromatic carbocycles. The Labute approximate surface area is 119 Å². The number of benzene rings is 1. The first kappa shape index (κ1) is 15.9. The van der Waals surface area contributed by atoms with Crippen LogP contribution in [-0.2, 0) is 20.7 Å². The molecule has 0 fully saturated rings. The molecule has 0 saturated carbocycles. The average Bonchev–Trinajstić information content (AvgIpc) is 2.41. The lowest BCUT2D eigenvalue weighted by Gasteiger charge is -2.12. The van der Waals surface area contributed by atoms with E-state index in [1.165, 1.54) is 6.08 Å². The Hall–Kier alpha value is -2.14. The van der Waals surface area contributed by atoms with Crippen LogP contribution in [0.2, 0.25) is 0 Å². The number of amides is 2. The minimum Gasteiger partial charge on any atom is -0.383 e. The van der Waals surface area contributed by atoms with Crippen molar-refractivity contribution in [1.29, 1.82) is 0 Å². The molecule has 1 rings (SSSR count). The monoisotopic (exact) mass is 276 g/mol. The van der Waals surface area contributed by atoms with Gasteiger partial charge in [0, 0.05) is 18.8 Å². The highest BCUT2D eigenvalue weighted by molar-refractivity contribution is 5.98. The smallest absolute Gasteiger partial charge is 0.247 e. The van der Waals surface area contributed by atoms with Crippen molar-refractivity contribution in [3.8, 4) is 0 Å². The van der Waals surface area contributed by atoms with E-state index in [0.29, 0.717) is 18.7 Å². The maximum Gasteiger partial charge on any atom is 0.247 e. The number of hydrogen-bond acceptors (Lipinski definition) is 3. The van der Waals surface area contributed by atoms with Gasteiger partial charge in [-0.3, -0.25) is 9.59 Å². The second-order valence-corrected chi connectivity index (χ2v) is 4.49. The summed E-state index contributed by atoms with van der Waals surface area (Å²) < 4.78 is 4.96. The fraction of sp³-hybridized carbons (Fsp3) is 0.333. The third-order valence-electron chi connectivity index (χ3n) is 2.60. The first-order chi connectivity index (χ1) is 9.55. The largest absolute Gasteiger partial charge is 0.383 e. The number of carbonyl (C=O) groups is 2. The predicted molar refractivity (Wildman–Crippen MR) is 78.5 cm³/mol. The zero-order chi connectivity index (χ0) is 15.0. The molecule has 5 nitrogen and oxygen atoms in total. The van der Waals surface area contributed by atoms with Crippen LogP contribution in [0.25, 0.3) is 0 Å². The summed E-state index contributed by atoms with van der Waals surface area (Å²) in [4.78, 5) is 22.9. The Morgan fingerprint density at radius 1 is 1.35 bits per heavy atom. The molecule has 0 aliphatic rings. The first-order valence-corrected chi connectivity index (χ1v) is 6.35. The fourth-order valence-corrected chi connectivity index (χ4v) is 1.70. The van der Waals surface area contributed by atoms with Crippen molar-refractivity contribution in [3.05, 3.63) is 42.5 Å². The van der Waals surface area contributed by atoms with Crippen molar-refractivity contribution < 1.29 is 14.3 Å². The Balaban J connectivity index is 2.50. The van der Waals surface area contributed by atoms with Crippen LogP contribution < -0.4 is 10.6 Å². The SMILES string of the molecule is C=CC(=O)Nc1ccc(CC(=O)N[C@@H](C)COC)cc1. The summed E-state index contributed by atoms with van der Waals surface area (Å²) in [5.41, 5.74) is 1.55. The Kier molecular flexibility index (Phi) is 6.46. The van der Waals surface area contributed by atoms with Gasteiger partial charge in [-0.25, -0.2) is 0 Å². The van der Waals surface area contributed by atoms with Gasteiger partial charge >= 0.3 is 0 Å². The van der Waals surface area contributed by atoms with Crippen LogP contribution in [-0.4, -0.2) is 31.6 Å². The molecular weight excluding hydrogens is 256 g/mol. The molecule has 0 aromatic heterocycles. The third-order valence-corrected chi connectivity index (χ3v) is 2.60. The van der Waals surface area contributed by atoms with Gasteiger partial charge in [-0.2, -0.15) is 0 Å². The number of ether oxygens (including phenoxy) is 1. The second-order valence-electron chi connectivity index (χ2n) is 4.49. The lowest BCUT2D eigenvalue weighted by molar-refractivity contribution is -0.121. The molecule has 0 bridgehead atoms. The first-order valence-electron chi connectivity index (χ1n) is 6.35. The number of hydrogen-bond donors (Lipinski definition) is 2. The number of carbonyl (C=O) groups excluding carboxylic acids is 2. The molecule has 0 heterocycles. The van der Waals surface area contributed by atoms with Gasteiger partial charge in [-0.15, -0.1) is 0 Å². The van der Waals surface area contributed by atoms with Crippen molar-refractivity contribution in [2.45, 2.75) is 19.4 Å². The standard InChI is InChI=1S/C15H20N2O3/c1-4-14(18)17-13-7-5-12(6-8-13)9-15(19)16-11(2)10-20-3/h4-8,11H,1,9-10H2,2-3H3,(H,16,19)(H,17,18)/t11-/m0/s1. The van der Waals surface area contributed by atoms with Crippen molar-refractivity contribution >= 4 is 17.5 Å². The lowest BCUT2D eigenvalue weighted by Crippen LogP contribution is -2.36. The van der Waals surface area contributed by atoms with Crippen LogP contribution in [0.1, 0.15) is 12.5 Å². The molecule has 0 unspecified atom stereocenters. The van der Waals surface area contributed by atoms with E-state index in [1.807, 2.05) is 6.92 Å². The molecule has 2 amide bonds. The van der Waals surface area contributed by atoms with Crippen LogP contribution in [0.15, 0.2) is 36.9 Å². The van der Waals surface area contributed by atoms with Gasteiger partial charge in [-0.05, 0) is 30.7 Å². The Bertz CT molecular complexity index is 469. The van der Waals surface area contributed by atoms with E-state index in [2.05, 4.69) is 17.2 Å². The van der Waals surface area contributed by atoms with E-state index in [1.54, 1.807) is 31.4 Å². The van der Waals surface area contributed by atoms with E-state index in [-0.39, 0.29) is 17.9 Å². The fourth-order valence-electron chi connectivity index (χ4n) is 1.70. The molecule has 108 valence electrons. The minimum atomic E-state index is -0.260. The molecule has 0 saturated heterocycles. The average molecular weight is 276 g/mol. The normalized spacial score (nSPS) is 11.5. The van der Waals surface area contributed by atoms with Crippen LogP contribution in [0.5, 0.6) is 0 Å². The maximum absolute atomic E-state index is 11.8. The number of nitrogens with one attached hydrogen (secondary N) is 2. The van der Waals surface area contributed by atoms with Gasteiger partial charge in [-0.1, -0.05) is 18.7 Å². The summed E-state index contributed by atoms with van der Waals surface area (Å²) in [5.74, 6) is -0.318. The second kappa shape index (κ2) is 8.12. The third kappa shape index (κ3) is 5.67. The summed E-state index contributed by atoms with van der Waals surface area (Å²) in [6, 6.07) is 7.10. The molecule has 20 heavy (non-hydrogen) atoms. The summed E-state index contributed by atoms with van der Waals surface area (Å²) in [5, 5.41) is 5.49. The quantitative estimate of drug-likeness (QED) is 0.742. The van der Waals surface area contributed by atoms with E-state index >= 15 is 0 Å². The highest BCUT2D eigenvalue weighted by Gasteiger charge is 2.08. The zero-order valence-electron chi connectivity index (χ0n) is 11.8. The Morgan fingerprint density at radius 2 is 2.00 bits per heavy atom. The van der Waals surface area contributed by atoms with Gasteiger partial charge in [0.25, 0.3) is 0 Å². The molecule has 0 aliphatic heterocycles. The van der Waals surface area contributed by atoms with E-state index in [0.717, 1.165) is 5.56 Å². The summed E-state index contributed by atoms with van der Waals surface area (Å²) in [6.45, 7) is 5.75. The van der Waals surface area contributed by atoms with Gasteiger partial charge in [0.15, 0.2) is 0 Å². The van der Waals surface area contributed by atoms with Crippen LogP contribution in [0.4, 0.5) is 5.69 Å². The van der Waals surface area contributed by atoms with E-state index < -0.39 is 0 Å². The highest BCUT2D eigenvalue weighted by atomic mass is 16.5. The van der Waals surface area contributed by atoms with E-state index in [9.17, 15) is 9.59 Å². The predicted octanol–water partition coefficient (Wildman–Crippen LogP) is 1.50. The summed E-state index contributed by atoms with van der Waals surface area (Å²) in [7, 11) is 1.60. The van der Waals surface area contributed by atoms with Crippen LogP contribution in [0, 0.1) is 0 Å². The van der Waals surface area contributed by atoms with Gasteiger partial charge < -0.3 is 15.4 Å². The maximum atomic E-state index is 11.8. The summed E-state index contributed by atoms with van der Waals surface area (Å²) >= 11 is 0. The van der Waals surface area contributed by atoms with Crippen LogP contribution in [0.3, 0.4) is 0 Å². The van der Waals surface area contributed by atoms with Gasteiger partial charge in [0.2, 0.25) is 11.8 Å². The van der Waals surface area contributed by atoms with E-state index in [4.69, 9.17) is 4.74 Å². The zero-order valence-corrected chi connectivity index (χ0v) is 11.8. The molecule has 2 N–H and O–H groups in total. The molecule has 0 spiro atoms. The van der Waals surface area contributed by atoms with Crippen molar-refractivity contribution in [1.82, 2.24) is 5.32 Å². The molecule has 0 aliphatic carbocycles. The summed E-state index contributed by atoms with van der Waals surface area (Å²) in [6.07, 6.45) is 1.50. The number of rotatable bonds is 7. The van der Waals surface area contributed by atoms with Gasteiger partial charge in [0.1, 0.15) is 0 Å². The number of anilines is 1. The number of methoxy groups -OCH3 is 1. The minimum absolute atomic E-state index is 0.0151. The van der Waals surface area contributed by atoms with Gasteiger partial charge in [0.05, 0.1) is 13.0 Å².